The van der Waals surface area contributed by atoms with Crippen LogP contribution in [0, 0.1) is 6.92 Å². The van der Waals surface area contributed by atoms with Gasteiger partial charge in [-0.1, -0.05) is 30.3 Å². The zero-order chi connectivity index (χ0) is 18.4. The molecule has 0 atom stereocenters. The van der Waals surface area contributed by atoms with Crippen LogP contribution in [0.25, 0.3) is 11.3 Å². The lowest BCUT2D eigenvalue weighted by Gasteiger charge is -2.07. The quantitative estimate of drug-likeness (QED) is 0.591. The fourth-order valence-electron chi connectivity index (χ4n) is 2.39. The van der Waals surface area contributed by atoms with Gasteiger partial charge in [-0.05, 0) is 36.8 Å². The van der Waals surface area contributed by atoms with Gasteiger partial charge in [-0.15, -0.1) is 5.10 Å². The molecule has 1 aromatic carbocycles. The normalized spacial score (nSPS) is 10.3. The van der Waals surface area contributed by atoms with Gasteiger partial charge in [-0.3, -0.25) is 9.59 Å². The van der Waals surface area contributed by atoms with Gasteiger partial charge in [0.05, 0.1) is 5.69 Å². The SMILES string of the molecule is Cc1ccc(NCCNC(=O)c2ccc(-c3ccccc3)[nH]c2=O)nn1. The molecule has 0 bridgehead atoms. The van der Waals surface area contributed by atoms with Gasteiger partial charge in [0.15, 0.2) is 0 Å². The molecule has 0 aliphatic rings. The molecule has 3 N–H and O–H groups in total. The summed E-state index contributed by atoms with van der Waals surface area (Å²) in [5, 5.41) is 13.7. The topological polar surface area (TPSA) is 99.8 Å². The number of aromatic amines is 1. The summed E-state index contributed by atoms with van der Waals surface area (Å²) in [6, 6.07) is 16.4. The van der Waals surface area contributed by atoms with Crippen molar-refractivity contribution in [3.05, 3.63) is 76.2 Å². The molecule has 0 aliphatic carbocycles. The molecule has 2 heterocycles. The number of H-pyrrole nitrogens is 1. The van der Waals surface area contributed by atoms with Gasteiger partial charge in [-0.25, -0.2) is 0 Å². The van der Waals surface area contributed by atoms with E-state index < -0.39 is 11.5 Å². The summed E-state index contributed by atoms with van der Waals surface area (Å²) in [5.74, 6) is 0.220. The van der Waals surface area contributed by atoms with Crippen molar-refractivity contribution >= 4 is 11.7 Å². The van der Waals surface area contributed by atoms with Crippen LogP contribution in [0.15, 0.2) is 59.4 Å². The Kier molecular flexibility index (Phi) is 5.38. The molecule has 0 radical (unpaired) electrons. The Morgan fingerprint density at radius 3 is 2.50 bits per heavy atom. The number of anilines is 1. The highest BCUT2D eigenvalue weighted by Gasteiger charge is 2.10. The summed E-state index contributed by atoms with van der Waals surface area (Å²) in [6.45, 7) is 2.69. The number of hydrogen-bond acceptors (Lipinski definition) is 5. The molecule has 0 saturated carbocycles. The van der Waals surface area contributed by atoms with Crippen LogP contribution in [-0.2, 0) is 0 Å². The Balaban J connectivity index is 1.56. The van der Waals surface area contributed by atoms with Crippen molar-refractivity contribution in [1.82, 2.24) is 20.5 Å². The average Bonchev–Trinajstić information content (AvgIpc) is 2.67. The van der Waals surface area contributed by atoms with Crippen LogP contribution in [-0.4, -0.2) is 34.2 Å². The van der Waals surface area contributed by atoms with E-state index in [2.05, 4.69) is 25.8 Å². The van der Waals surface area contributed by atoms with Crippen molar-refractivity contribution in [3.8, 4) is 11.3 Å². The number of hydrogen-bond donors (Lipinski definition) is 3. The molecule has 0 saturated heterocycles. The van der Waals surface area contributed by atoms with Crippen LogP contribution in [0.2, 0.25) is 0 Å². The maximum atomic E-state index is 12.2. The fraction of sp³-hybridized carbons (Fsp3) is 0.158. The second-order valence-electron chi connectivity index (χ2n) is 5.72. The molecule has 1 amide bonds. The largest absolute Gasteiger partial charge is 0.367 e. The van der Waals surface area contributed by atoms with Crippen LogP contribution in [0.5, 0.6) is 0 Å². The van der Waals surface area contributed by atoms with E-state index in [4.69, 9.17) is 0 Å². The van der Waals surface area contributed by atoms with Crippen LogP contribution in [0.1, 0.15) is 16.1 Å². The van der Waals surface area contributed by atoms with Gasteiger partial charge in [-0.2, -0.15) is 5.10 Å². The maximum Gasteiger partial charge on any atom is 0.261 e. The van der Waals surface area contributed by atoms with Gasteiger partial charge in [0.2, 0.25) is 0 Å². The number of rotatable bonds is 6. The highest BCUT2D eigenvalue weighted by Crippen LogP contribution is 2.14. The van der Waals surface area contributed by atoms with Gasteiger partial charge in [0.25, 0.3) is 11.5 Å². The van der Waals surface area contributed by atoms with E-state index in [9.17, 15) is 9.59 Å². The first-order chi connectivity index (χ1) is 12.6. The van der Waals surface area contributed by atoms with E-state index in [0.29, 0.717) is 24.6 Å². The van der Waals surface area contributed by atoms with Gasteiger partial charge >= 0.3 is 0 Å². The number of nitrogens with zero attached hydrogens (tertiary/aromatic N) is 2. The van der Waals surface area contributed by atoms with Gasteiger partial charge in [0, 0.05) is 18.8 Å². The van der Waals surface area contributed by atoms with E-state index in [1.807, 2.05) is 49.4 Å². The predicted octanol–water partition coefficient (Wildman–Crippen LogP) is 1.98. The first-order valence-corrected chi connectivity index (χ1v) is 8.24. The molecule has 3 rings (SSSR count). The molecule has 0 unspecified atom stereocenters. The molecule has 0 fully saturated rings. The number of aromatic nitrogens is 3. The van der Waals surface area contributed by atoms with E-state index in [1.165, 1.54) is 6.07 Å². The molecule has 7 nitrogen and oxygen atoms in total. The summed E-state index contributed by atoms with van der Waals surface area (Å²) >= 11 is 0. The van der Waals surface area contributed by atoms with Crippen LogP contribution in [0.3, 0.4) is 0 Å². The molecule has 2 aromatic heterocycles. The van der Waals surface area contributed by atoms with Gasteiger partial charge < -0.3 is 15.6 Å². The summed E-state index contributed by atoms with van der Waals surface area (Å²) in [7, 11) is 0. The number of carbonyl (C=O) groups excluding carboxylic acids is 1. The highest BCUT2D eigenvalue weighted by molar-refractivity contribution is 5.94. The molecule has 3 aromatic rings. The standard InChI is InChI=1S/C19H19N5O2/c1-13-7-10-17(24-23-13)20-11-12-21-18(25)15-8-9-16(22-19(15)26)14-5-3-2-4-6-14/h2-10H,11-12H2,1H3,(H,20,24)(H,21,25)(H,22,26). The summed E-state index contributed by atoms with van der Waals surface area (Å²) in [4.78, 5) is 27.1. The van der Waals surface area contributed by atoms with Crippen molar-refractivity contribution in [3.63, 3.8) is 0 Å². The molecule has 0 aliphatic heterocycles. The third-order valence-corrected chi connectivity index (χ3v) is 3.75. The summed E-state index contributed by atoms with van der Waals surface area (Å²) in [5.41, 5.74) is 2.06. The van der Waals surface area contributed by atoms with Crippen molar-refractivity contribution in [1.29, 1.82) is 0 Å². The van der Waals surface area contributed by atoms with Crippen LogP contribution in [0.4, 0.5) is 5.82 Å². The molecule has 26 heavy (non-hydrogen) atoms. The Bertz CT molecular complexity index is 936. The van der Waals surface area contributed by atoms with Crippen LogP contribution >= 0.6 is 0 Å². The summed E-state index contributed by atoms with van der Waals surface area (Å²) < 4.78 is 0. The van der Waals surface area contributed by atoms with Crippen LogP contribution < -0.4 is 16.2 Å². The number of aryl methyl sites for hydroxylation is 1. The van der Waals surface area contributed by atoms with Crippen molar-refractivity contribution in [2.45, 2.75) is 6.92 Å². The minimum Gasteiger partial charge on any atom is -0.367 e. The lowest BCUT2D eigenvalue weighted by molar-refractivity contribution is 0.0953. The Hall–Kier alpha value is -3.48. The first kappa shape index (κ1) is 17.3. The maximum absolute atomic E-state index is 12.2. The Morgan fingerprint density at radius 1 is 1.00 bits per heavy atom. The molecule has 7 heteroatoms. The van der Waals surface area contributed by atoms with Crippen molar-refractivity contribution in [2.24, 2.45) is 0 Å². The lowest BCUT2D eigenvalue weighted by atomic mass is 10.1. The number of benzene rings is 1. The number of carbonyl (C=O) groups is 1. The van der Waals surface area contributed by atoms with E-state index >= 15 is 0 Å². The monoisotopic (exact) mass is 349 g/mol. The van der Waals surface area contributed by atoms with E-state index in [1.54, 1.807) is 6.07 Å². The van der Waals surface area contributed by atoms with E-state index in [-0.39, 0.29) is 5.56 Å². The molecule has 0 spiro atoms. The Labute approximate surface area is 150 Å². The zero-order valence-electron chi connectivity index (χ0n) is 14.3. The summed E-state index contributed by atoms with van der Waals surface area (Å²) in [6.07, 6.45) is 0. The highest BCUT2D eigenvalue weighted by atomic mass is 16.2. The van der Waals surface area contributed by atoms with Gasteiger partial charge in [0.1, 0.15) is 11.4 Å². The van der Waals surface area contributed by atoms with Crippen molar-refractivity contribution in [2.75, 3.05) is 18.4 Å². The molecular weight excluding hydrogens is 330 g/mol. The average molecular weight is 349 g/mol. The third-order valence-electron chi connectivity index (χ3n) is 3.75. The fourth-order valence-corrected chi connectivity index (χ4v) is 2.39. The molecular formula is C19H19N5O2. The number of amides is 1. The second-order valence-corrected chi connectivity index (χ2v) is 5.72. The molecule has 132 valence electrons. The number of nitrogens with one attached hydrogen (secondary N) is 3. The first-order valence-electron chi connectivity index (χ1n) is 8.24. The predicted molar refractivity (Wildman–Crippen MR) is 100 cm³/mol. The smallest absolute Gasteiger partial charge is 0.261 e. The second kappa shape index (κ2) is 8.06. The minimum absolute atomic E-state index is 0.0832. The van der Waals surface area contributed by atoms with E-state index in [0.717, 1.165) is 11.3 Å². The minimum atomic E-state index is -0.416. The number of pyridine rings is 1. The van der Waals surface area contributed by atoms with Crippen molar-refractivity contribution < 1.29 is 4.79 Å². The Morgan fingerprint density at radius 2 is 1.81 bits per heavy atom. The zero-order valence-corrected chi connectivity index (χ0v) is 14.3. The third kappa shape index (κ3) is 4.32. The lowest BCUT2D eigenvalue weighted by Crippen LogP contribution is -2.33.